The van der Waals surface area contributed by atoms with E-state index in [1.54, 1.807) is 0 Å². The molecule has 0 spiro atoms. The van der Waals surface area contributed by atoms with Gasteiger partial charge in [0.15, 0.2) is 0 Å². The molecule has 0 bridgehead atoms. The SMILES string of the molecule is OCCOCCOCCOCCOCCOCCOCCOCCOCCOCCOCCOCCOCCOCCOCCOCCOCCOCCOCCOCCOCCOCCOCCOCCOCc1ccccc1. The van der Waals surface area contributed by atoms with Crippen LogP contribution >= 0.6 is 0 Å². The molecule has 0 aliphatic heterocycles. The van der Waals surface area contributed by atoms with Gasteiger partial charge in [0.05, 0.1) is 324 Å². The predicted molar refractivity (Wildman–Crippen MR) is 292 cm³/mol. The Morgan fingerprint density at radius 3 is 0.425 bits per heavy atom. The van der Waals surface area contributed by atoms with Crippen LogP contribution in [0.15, 0.2) is 30.3 Å². The highest BCUT2D eigenvalue weighted by Gasteiger charge is 2.01. The number of hydrogen-bond donors (Lipinski definition) is 1. The molecule has 0 aliphatic rings. The van der Waals surface area contributed by atoms with Crippen LogP contribution in [0.2, 0.25) is 0 Å². The molecular formula is C55H104O25. The molecular weight excluding hydrogens is 1060 g/mol. The van der Waals surface area contributed by atoms with Crippen LogP contribution in [0.1, 0.15) is 5.56 Å². The molecule has 474 valence electrons. The van der Waals surface area contributed by atoms with Crippen molar-refractivity contribution < 1.29 is 119 Å². The van der Waals surface area contributed by atoms with Gasteiger partial charge in [-0.1, -0.05) is 30.3 Å². The van der Waals surface area contributed by atoms with Gasteiger partial charge in [-0.2, -0.15) is 0 Å². The lowest BCUT2D eigenvalue weighted by atomic mass is 10.2. The molecule has 0 radical (unpaired) electrons. The van der Waals surface area contributed by atoms with Gasteiger partial charge in [0.2, 0.25) is 0 Å². The minimum absolute atomic E-state index is 0.0181. The molecule has 0 saturated heterocycles. The molecule has 0 unspecified atom stereocenters. The van der Waals surface area contributed by atoms with Crippen LogP contribution in [0.4, 0.5) is 0 Å². The maximum Gasteiger partial charge on any atom is 0.0718 e. The summed E-state index contributed by atoms with van der Waals surface area (Å²) >= 11 is 0. The zero-order chi connectivity index (χ0) is 56.7. The first-order chi connectivity index (χ1) is 39.9. The molecule has 0 saturated carbocycles. The molecule has 80 heavy (non-hydrogen) atoms. The second kappa shape index (κ2) is 71.5. The van der Waals surface area contributed by atoms with E-state index in [0.29, 0.717) is 317 Å². The summed E-state index contributed by atoms with van der Waals surface area (Å²) in [6.45, 7) is 23.7. The molecule has 1 aromatic carbocycles. The maximum atomic E-state index is 8.61. The van der Waals surface area contributed by atoms with Crippen molar-refractivity contribution in [2.75, 3.05) is 317 Å². The first-order valence-corrected chi connectivity index (χ1v) is 28.4. The van der Waals surface area contributed by atoms with E-state index >= 15 is 0 Å². The Hall–Kier alpha value is -1.78. The first-order valence-electron chi connectivity index (χ1n) is 28.4. The summed E-state index contributed by atoms with van der Waals surface area (Å²) in [5.41, 5.74) is 1.15. The van der Waals surface area contributed by atoms with Crippen LogP contribution in [0.5, 0.6) is 0 Å². The Labute approximate surface area is 477 Å². The van der Waals surface area contributed by atoms with Gasteiger partial charge in [-0.15, -0.1) is 0 Å². The van der Waals surface area contributed by atoms with E-state index in [1.165, 1.54) is 0 Å². The van der Waals surface area contributed by atoms with Gasteiger partial charge in [-0.25, -0.2) is 0 Å². The highest BCUT2D eigenvalue weighted by Crippen LogP contribution is 2.00. The van der Waals surface area contributed by atoms with Crippen molar-refractivity contribution in [3.05, 3.63) is 35.9 Å². The lowest BCUT2D eigenvalue weighted by Crippen LogP contribution is -2.16. The number of aliphatic hydroxyl groups excluding tert-OH is 1. The molecule has 1 N–H and O–H groups in total. The van der Waals surface area contributed by atoms with Crippen LogP contribution in [-0.4, -0.2) is 322 Å². The third kappa shape index (κ3) is 67.0. The minimum atomic E-state index is 0.0181. The van der Waals surface area contributed by atoms with Crippen molar-refractivity contribution in [1.82, 2.24) is 0 Å². The van der Waals surface area contributed by atoms with E-state index in [-0.39, 0.29) is 6.61 Å². The quantitative estimate of drug-likeness (QED) is 0.0911. The summed E-state index contributed by atoms with van der Waals surface area (Å²) in [5, 5.41) is 8.61. The fourth-order valence-corrected chi connectivity index (χ4v) is 5.89. The average molecular weight is 1170 g/mol. The lowest BCUT2D eigenvalue weighted by molar-refractivity contribution is -0.0320. The van der Waals surface area contributed by atoms with Crippen molar-refractivity contribution >= 4 is 0 Å². The van der Waals surface area contributed by atoms with Gasteiger partial charge < -0.3 is 119 Å². The molecule has 25 nitrogen and oxygen atoms in total. The van der Waals surface area contributed by atoms with E-state index in [0.717, 1.165) is 5.56 Å². The Kier molecular flexibility index (Phi) is 68.1. The standard InChI is InChI=1S/C55H104O25/c56-6-7-57-8-9-58-10-11-59-12-13-60-14-15-61-16-17-62-18-19-63-20-21-64-22-23-65-24-25-66-26-27-67-28-29-68-30-31-69-32-33-70-34-35-71-36-37-72-38-39-73-40-41-74-42-43-75-44-45-76-46-47-77-48-49-78-50-51-79-52-53-80-54-55-4-2-1-3-5-55/h1-5,56H,6-54H2. The molecule has 0 amide bonds. The van der Waals surface area contributed by atoms with Gasteiger partial charge in [-0.05, 0) is 5.56 Å². The number of hydrogen-bond acceptors (Lipinski definition) is 25. The van der Waals surface area contributed by atoms with Crippen molar-refractivity contribution in [3.63, 3.8) is 0 Å². The Morgan fingerprint density at radius 2 is 0.287 bits per heavy atom. The van der Waals surface area contributed by atoms with Gasteiger partial charge in [0.1, 0.15) is 0 Å². The van der Waals surface area contributed by atoms with Crippen molar-refractivity contribution in [2.24, 2.45) is 0 Å². The van der Waals surface area contributed by atoms with Crippen molar-refractivity contribution in [2.45, 2.75) is 6.61 Å². The molecule has 1 aromatic rings. The van der Waals surface area contributed by atoms with Crippen LogP contribution in [0.3, 0.4) is 0 Å². The van der Waals surface area contributed by atoms with Gasteiger partial charge in [0.25, 0.3) is 0 Å². The van der Waals surface area contributed by atoms with Crippen LogP contribution in [0.25, 0.3) is 0 Å². The second-order valence-corrected chi connectivity index (χ2v) is 16.3. The number of rotatable bonds is 73. The fourth-order valence-electron chi connectivity index (χ4n) is 5.89. The molecule has 0 fully saturated rings. The zero-order valence-corrected chi connectivity index (χ0v) is 48.3. The van der Waals surface area contributed by atoms with Crippen LogP contribution in [0, 0.1) is 0 Å². The van der Waals surface area contributed by atoms with Crippen molar-refractivity contribution in [3.8, 4) is 0 Å². The van der Waals surface area contributed by atoms with E-state index in [4.69, 9.17) is 119 Å². The monoisotopic (exact) mass is 1160 g/mol. The molecule has 0 heterocycles. The summed E-state index contributed by atoms with van der Waals surface area (Å²) in [7, 11) is 0. The summed E-state index contributed by atoms with van der Waals surface area (Å²) in [6.07, 6.45) is 0. The lowest BCUT2D eigenvalue weighted by Gasteiger charge is -2.09. The Balaban J connectivity index is 1.58. The third-order valence-electron chi connectivity index (χ3n) is 9.90. The third-order valence-corrected chi connectivity index (χ3v) is 9.90. The smallest absolute Gasteiger partial charge is 0.0718 e. The second-order valence-electron chi connectivity index (χ2n) is 16.3. The number of ether oxygens (including phenoxy) is 24. The predicted octanol–water partition coefficient (Wildman–Crippen LogP) is 1.58. The van der Waals surface area contributed by atoms with Gasteiger partial charge >= 0.3 is 0 Å². The van der Waals surface area contributed by atoms with E-state index in [2.05, 4.69) is 0 Å². The van der Waals surface area contributed by atoms with Crippen molar-refractivity contribution in [1.29, 1.82) is 0 Å². The molecule has 0 aromatic heterocycles. The molecule has 0 aliphatic carbocycles. The summed E-state index contributed by atoms with van der Waals surface area (Å²) < 4.78 is 132. The average Bonchev–Trinajstić information content (AvgIpc) is 3.47. The van der Waals surface area contributed by atoms with Crippen LogP contribution in [-0.2, 0) is 120 Å². The fraction of sp³-hybridized carbons (Fsp3) is 0.891. The Bertz CT molecular complexity index is 1240. The molecule has 1 rings (SSSR count). The minimum Gasteiger partial charge on any atom is -0.394 e. The largest absolute Gasteiger partial charge is 0.394 e. The molecule has 0 atom stereocenters. The van der Waals surface area contributed by atoms with Gasteiger partial charge in [0, 0.05) is 0 Å². The summed E-state index contributed by atoms with van der Waals surface area (Å²) in [6, 6.07) is 10.1. The van der Waals surface area contributed by atoms with Gasteiger partial charge in [-0.3, -0.25) is 0 Å². The van der Waals surface area contributed by atoms with E-state index in [9.17, 15) is 0 Å². The molecule has 25 heteroatoms. The highest BCUT2D eigenvalue weighted by molar-refractivity contribution is 5.13. The van der Waals surface area contributed by atoms with E-state index < -0.39 is 0 Å². The maximum absolute atomic E-state index is 8.61. The Morgan fingerprint density at radius 1 is 0.163 bits per heavy atom. The first kappa shape index (κ1) is 76.2. The summed E-state index contributed by atoms with van der Waals surface area (Å²) in [5.74, 6) is 0. The highest BCUT2D eigenvalue weighted by atomic mass is 16.6. The summed E-state index contributed by atoms with van der Waals surface area (Å²) in [4.78, 5) is 0. The zero-order valence-electron chi connectivity index (χ0n) is 48.3. The number of aliphatic hydroxyl groups is 1. The van der Waals surface area contributed by atoms with E-state index in [1.807, 2.05) is 30.3 Å². The topological polar surface area (TPSA) is 242 Å². The number of benzene rings is 1. The normalized spacial score (nSPS) is 11.7. The van der Waals surface area contributed by atoms with Crippen LogP contribution < -0.4 is 0 Å².